The molecule has 0 bridgehead atoms. The molecule has 27 heavy (non-hydrogen) atoms. The largest absolute Gasteiger partial charge is 0.352 e. The van der Waals surface area contributed by atoms with E-state index in [0.717, 1.165) is 16.5 Å². The summed E-state index contributed by atoms with van der Waals surface area (Å²) in [5.41, 5.74) is 1.98. The summed E-state index contributed by atoms with van der Waals surface area (Å²) >= 11 is 0. The first-order valence-electron chi connectivity index (χ1n) is 8.75. The molecule has 0 atom stereocenters. The number of aryl methyl sites for hydroxylation is 1. The Bertz CT molecular complexity index is 1040. The number of rotatable bonds is 7. The van der Waals surface area contributed by atoms with Crippen LogP contribution in [0.2, 0.25) is 0 Å². The highest BCUT2D eigenvalue weighted by atomic mass is 32.2. The maximum atomic E-state index is 12.1. The van der Waals surface area contributed by atoms with Crippen molar-refractivity contribution in [1.29, 1.82) is 0 Å². The lowest BCUT2D eigenvalue weighted by molar-refractivity contribution is -0.121. The molecule has 0 heterocycles. The van der Waals surface area contributed by atoms with Crippen molar-refractivity contribution in [1.82, 2.24) is 10.0 Å². The van der Waals surface area contributed by atoms with E-state index < -0.39 is 10.0 Å². The van der Waals surface area contributed by atoms with Crippen LogP contribution in [0, 0.1) is 0 Å². The van der Waals surface area contributed by atoms with Gasteiger partial charge in [0.05, 0.1) is 4.90 Å². The van der Waals surface area contributed by atoms with Crippen LogP contribution in [0.4, 0.5) is 0 Å². The van der Waals surface area contributed by atoms with Crippen LogP contribution in [0.3, 0.4) is 0 Å². The van der Waals surface area contributed by atoms with Crippen LogP contribution in [-0.2, 0) is 27.8 Å². The number of hydrogen-bond donors (Lipinski definition) is 2. The molecule has 5 nitrogen and oxygen atoms in total. The van der Waals surface area contributed by atoms with Crippen molar-refractivity contribution in [2.75, 3.05) is 7.05 Å². The molecule has 0 radical (unpaired) electrons. The normalized spacial score (nSPS) is 11.4. The average molecular weight is 382 g/mol. The van der Waals surface area contributed by atoms with Gasteiger partial charge in [-0.15, -0.1) is 0 Å². The minimum absolute atomic E-state index is 0.0323. The molecule has 6 heteroatoms. The number of sulfonamides is 1. The van der Waals surface area contributed by atoms with Crippen molar-refractivity contribution in [2.24, 2.45) is 0 Å². The third-order valence-electron chi connectivity index (χ3n) is 4.45. The molecule has 0 aliphatic heterocycles. The summed E-state index contributed by atoms with van der Waals surface area (Å²) in [6.07, 6.45) is 0.912. The Kier molecular flexibility index (Phi) is 5.88. The van der Waals surface area contributed by atoms with Gasteiger partial charge in [-0.1, -0.05) is 48.5 Å². The lowest BCUT2D eigenvalue weighted by Crippen LogP contribution is -2.23. The van der Waals surface area contributed by atoms with Gasteiger partial charge in [0.15, 0.2) is 0 Å². The number of benzene rings is 3. The van der Waals surface area contributed by atoms with E-state index in [1.165, 1.54) is 12.4 Å². The summed E-state index contributed by atoms with van der Waals surface area (Å²) in [4.78, 5) is 12.3. The first-order valence-corrected chi connectivity index (χ1v) is 10.2. The number of carbonyl (C=O) groups excluding carboxylic acids is 1. The lowest BCUT2D eigenvalue weighted by Gasteiger charge is -2.08. The Balaban J connectivity index is 1.52. The Hall–Kier alpha value is -2.70. The van der Waals surface area contributed by atoms with Gasteiger partial charge in [0.2, 0.25) is 15.9 Å². The first-order chi connectivity index (χ1) is 13.0. The summed E-state index contributed by atoms with van der Waals surface area (Å²) in [6.45, 7) is 0.489. The van der Waals surface area contributed by atoms with Gasteiger partial charge in [0.25, 0.3) is 0 Å². The molecule has 0 saturated heterocycles. The van der Waals surface area contributed by atoms with E-state index in [9.17, 15) is 13.2 Å². The van der Waals surface area contributed by atoms with E-state index in [1.54, 1.807) is 24.3 Å². The van der Waals surface area contributed by atoms with Gasteiger partial charge in [-0.25, -0.2) is 13.1 Å². The second-order valence-corrected chi connectivity index (χ2v) is 8.20. The van der Waals surface area contributed by atoms with Crippen LogP contribution in [0.15, 0.2) is 71.6 Å². The van der Waals surface area contributed by atoms with E-state index in [0.29, 0.717) is 19.4 Å². The maximum absolute atomic E-state index is 12.1. The fourth-order valence-corrected chi connectivity index (χ4v) is 3.58. The fourth-order valence-electron chi connectivity index (χ4n) is 2.85. The number of carbonyl (C=O) groups is 1. The van der Waals surface area contributed by atoms with Gasteiger partial charge >= 0.3 is 0 Å². The number of nitrogens with one attached hydrogen (secondary N) is 2. The molecule has 0 fully saturated rings. The minimum Gasteiger partial charge on any atom is -0.352 e. The summed E-state index contributed by atoms with van der Waals surface area (Å²) in [7, 11) is -2.05. The third kappa shape index (κ3) is 4.93. The molecule has 0 saturated carbocycles. The average Bonchev–Trinajstić information content (AvgIpc) is 2.71. The van der Waals surface area contributed by atoms with Crippen molar-refractivity contribution in [2.45, 2.75) is 24.3 Å². The van der Waals surface area contributed by atoms with Gasteiger partial charge in [0, 0.05) is 13.0 Å². The van der Waals surface area contributed by atoms with Gasteiger partial charge < -0.3 is 5.32 Å². The number of fused-ring (bicyclic) bond motifs is 1. The summed E-state index contributed by atoms with van der Waals surface area (Å²) < 4.78 is 25.7. The van der Waals surface area contributed by atoms with Crippen molar-refractivity contribution < 1.29 is 13.2 Å². The lowest BCUT2D eigenvalue weighted by atomic mass is 10.1. The minimum atomic E-state index is -3.43. The van der Waals surface area contributed by atoms with Crippen molar-refractivity contribution >= 4 is 26.7 Å². The Morgan fingerprint density at radius 1 is 0.889 bits per heavy atom. The molecular weight excluding hydrogens is 360 g/mol. The Morgan fingerprint density at radius 2 is 1.56 bits per heavy atom. The first kappa shape index (κ1) is 19.1. The van der Waals surface area contributed by atoms with Gasteiger partial charge in [-0.05, 0) is 53.6 Å². The molecule has 0 unspecified atom stereocenters. The van der Waals surface area contributed by atoms with Crippen LogP contribution < -0.4 is 10.0 Å². The van der Waals surface area contributed by atoms with Crippen molar-refractivity contribution in [3.8, 4) is 0 Å². The van der Waals surface area contributed by atoms with Gasteiger partial charge in [0.1, 0.15) is 0 Å². The van der Waals surface area contributed by atoms with E-state index in [2.05, 4.69) is 34.3 Å². The van der Waals surface area contributed by atoms with Crippen LogP contribution in [-0.4, -0.2) is 21.4 Å². The molecule has 0 spiro atoms. The fraction of sp³-hybridized carbons (Fsp3) is 0.190. The zero-order chi connectivity index (χ0) is 19.3. The van der Waals surface area contributed by atoms with E-state index >= 15 is 0 Å². The zero-order valence-electron chi connectivity index (χ0n) is 15.1. The quantitative estimate of drug-likeness (QED) is 0.660. The standard InChI is InChI=1S/C21H22N2O3S/c1-22-27(25,26)20-11-7-16(8-12-20)9-13-21(24)23-15-17-6-10-18-4-2-3-5-19(18)14-17/h2-8,10-12,14,22H,9,13,15H2,1H3,(H,23,24). The van der Waals surface area contributed by atoms with E-state index in [1.807, 2.05) is 18.2 Å². The predicted octanol–water partition coefficient (Wildman–Crippen LogP) is 3.00. The molecule has 2 N–H and O–H groups in total. The van der Waals surface area contributed by atoms with Crippen molar-refractivity contribution in [3.63, 3.8) is 0 Å². The number of amides is 1. The highest BCUT2D eigenvalue weighted by molar-refractivity contribution is 7.89. The van der Waals surface area contributed by atoms with Crippen LogP contribution in [0.5, 0.6) is 0 Å². The second kappa shape index (κ2) is 8.33. The smallest absolute Gasteiger partial charge is 0.240 e. The molecule has 3 aromatic carbocycles. The monoisotopic (exact) mass is 382 g/mol. The van der Waals surface area contributed by atoms with Crippen LogP contribution in [0.1, 0.15) is 17.5 Å². The molecule has 1 amide bonds. The SMILES string of the molecule is CNS(=O)(=O)c1ccc(CCC(=O)NCc2ccc3ccccc3c2)cc1. The highest BCUT2D eigenvalue weighted by Gasteiger charge is 2.10. The Labute approximate surface area is 159 Å². The maximum Gasteiger partial charge on any atom is 0.240 e. The summed E-state index contributed by atoms with van der Waals surface area (Å²) in [5, 5.41) is 5.26. The van der Waals surface area contributed by atoms with E-state index in [4.69, 9.17) is 0 Å². The van der Waals surface area contributed by atoms with Crippen LogP contribution in [0.25, 0.3) is 10.8 Å². The van der Waals surface area contributed by atoms with Gasteiger partial charge in [-0.3, -0.25) is 4.79 Å². The predicted molar refractivity (Wildman–Crippen MR) is 107 cm³/mol. The molecule has 0 aliphatic rings. The molecule has 3 rings (SSSR count). The molecule has 3 aromatic rings. The molecule has 140 valence electrons. The Morgan fingerprint density at radius 3 is 2.26 bits per heavy atom. The van der Waals surface area contributed by atoms with E-state index in [-0.39, 0.29) is 10.8 Å². The van der Waals surface area contributed by atoms with Crippen molar-refractivity contribution in [3.05, 3.63) is 77.9 Å². The molecule has 0 aliphatic carbocycles. The highest BCUT2D eigenvalue weighted by Crippen LogP contribution is 2.15. The third-order valence-corrected chi connectivity index (χ3v) is 5.88. The zero-order valence-corrected chi connectivity index (χ0v) is 15.9. The second-order valence-electron chi connectivity index (χ2n) is 6.31. The topological polar surface area (TPSA) is 75.3 Å². The summed E-state index contributed by atoms with van der Waals surface area (Å²) in [6, 6.07) is 20.8. The molecular formula is C21H22N2O3S. The summed E-state index contributed by atoms with van der Waals surface area (Å²) in [5.74, 6) is -0.0323. The van der Waals surface area contributed by atoms with Gasteiger partial charge in [-0.2, -0.15) is 0 Å². The number of hydrogen-bond acceptors (Lipinski definition) is 3. The van der Waals surface area contributed by atoms with Crippen LogP contribution >= 0.6 is 0 Å². The molecule has 0 aromatic heterocycles.